The monoisotopic (exact) mass is 539 g/mol. The highest BCUT2D eigenvalue weighted by Crippen LogP contribution is 2.48. The van der Waals surface area contributed by atoms with Crippen LogP contribution < -0.4 is 21.7 Å². The van der Waals surface area contributed by atoms with Gasteiger partial charge in [0.15, 0.2) is 0 Å². The normalized spacial score (nSPS) is 26.1. The summed E-state index contributed by atoms with van der Waals surface area (Å²) in [6, 6.07) is 14.5. The van der Waals surface area contributed by atoms with Crippen LogP contribution in [-0.4, -0.2) is 45.7 Å². The van der Waals surface area contributed by atoms with Gasteiger partial charge < -0.3 is 31.3 Å². The second kappa shape index (κ2) is 10.0. The number of rotatable bonds is 7. The van der Waals surface area contributed by atoms with Crippen molar-refractivity contribution in [1.29, 1.82) is 0 Å². The van der Waals surface area contributed by atoms with Crippen LogP contribution in [0.15, 0.2) is 67.4 Å². The molecule has 1 N–H and O–H groups in total. The minimum absolute atomic E-state index is 0. The van der Waals surface area contributed by atoms with E-state index in [1.165, 1.54) is 0 Å². The molecule has 3 aliphatic rings. The Morgan fingerprint density at radius 1 is 1.29 bits per heavy atom. The number of benzene rings is 2. The van der Waals surface area contributed by atoms with E-state index in [0.717, 1.165) is 64.7 Å². The van der Waals surface area contributed by atoms with Gasteiger partial charge in [-0.2, -0.15) is 0 Å². The molecule has 3 aliphatic heterocycles. The molecule has 0 spiro atoms. The zero-order chi connectivity index (χ0) is 23.9. The zero-order valence-electron chi connectivity index (χ0n) is 19.7. The van der Waals surface area contributed by atoms with Crippen molar-refractivity contribution in [2.24, 2.45) is 11.8 Å². The number of methoxy groups -OCH3 is 1. The van der Waals surface area contributed by atoms with Gasteiger partial charge in [0.25, 0.3) is 5.69 Å². The zero-order valence-corrected chi connectivity index (χ0v) is 21.3. The molecule has 3 aromatic rings. The first-order valence-electron chi connectivity index (χ1n) is 11.8. The third-order valence-electron chi connectivity index (χ3n) is 7.99. The number of nitro benzene ring substituents is 1. The fourth-order valence-corrected chi connectivity index (χ4v) is 6.21. The average Bonchev–Trinajstić information content (AvgIpc) is 2.87. The van der Waals surface area contributed by atoms with E-state index in [1.54, 1.807) is 25.4 Å². The molecule has 3 saturated heterocycles. The van der Waals surface area contributed by atoms with Crippen LogP contribution in [0.4, 0.5) is 5.69 Å². The number of piperidine rings is 3. The van der Waals surface area contributed by atoms with Gasteiger partial charge in [-0.3, -0.25) is 15.1 Å². The average molecular weight is 540 g/mol. The van der Waals surface area contributed by atoms with Crippen molar-refractivity contribution in [2.45, 2.75) is 31.5 Å². The predicted octanol–water partition coefficient (Wildman–Crippen LogP) is 1.80. The van der Waals surface area contributed by atoms with Crippen molar-refractivity contribution in [3.05, 3.63) is 88.6 Å². The highest BCUT2D eigenvalue weighted by Gasteiger charge is 2.54. The Kier molecular flexibility index (Phi) is 7.26. The van der Waals surface area contributed by atoms with E-state index in [2.05, 4.69) is 17.6 Å². The van der Waals surface area contributed by atoms with Gasteiger partial charge in [-0.25, -0.2) is 0 Å². The topological polar surface area (TPSA) is 85.5 Å². The van der Waals surface area contributed by atoms with E-state index in [-0.39, 0.29) is 33.6 Å². The molecule has 0 radical (unpaired) electrons. The number of pyridine rings is 1. The Labute approximate surface area is 215 Å². The van der Waals surface area contributed by atoms with Gasteiger partial charge in [0.2, 0.25) is 0 Å². The van der Waals surface area contributed by atoms with Crippen LogP contribution in [0.2, 0.25) is 0 Å². The second-order valence-corrected chi connectivity index (χ2v) is 9.69. The van der Waals surface area contributed by atoms with Gasteiger partial charge >= 0.3 is 0 Å². The number of ether oxygens (including phenoxy) is 1. The summed E-state index contributed by atoms with van der Waals surface area (Å²) >= 11 is 0. The summed E-state index contributed by atoms with van der Waals surface area (Å²) in [6.45, 7) is 6.70. The predicted molar refractivity (Wildman–Crippen MR) is 130 cm³/mol. The Hall–Kier alpha value is -2.81. The lowest BCUT2D eigenvalue weighted by molar-refractivity contribution is -0.984. The van der Waals surface area contributed by atoms with Gasteiger partial charge in [-0.05, 0) is 47.9 Å². The molecule has 8 heteroatoms. The lowest BCUT2D eigenvalue weighted by Gasteiger charge is -2.58. The Balaban J connectivity index is 0.00000289. The molecular weight excluding hydrogens is 510 g/mol. The number of hydrogen-bond donors (Lipinski definition) is 1. The van der Waals surface area contributed by atoms with Crippen LogP contribution in [0.3, 0.4) is 0 Å². The third kappa shape index (κ3) is 4.58. The number of nitrogens with zero attached hydrogens (tertiary/aromatic N) is 3. The van der Waals surface area contributed by atoms with Crippen molar-refractivity contribution >= 4 is 16.6 Å². The first kappa shape index (κ1) is 25.3. The van der Waals surface area contributed by atoms with Crippen LogP contribution in [0.1, 0.15) is 30.1 Å². The molecule has 0 unspecified atom stereocenters. The maximum Gasteiger partial charge on any atom is 0.269 e. The minimum Gasteiger partial charge on any atom is -1.00 e. The molecule has 184 valence electrons. The van der Waals surface area contributed by atoms with E-state index < -0.39 is 6.10 Å². The molecule has 0 amide bonds. The maximum atomic E-state index is 11.8. The molecule has 2 bridgehead atoms. The number of aliphatic hydroxyl groups excluding tert-OH is 1. The largest absolute Gasteiger partial charge is 1.00 e. The first-order valence-corrected chi connectivity index (χ1v) is 11.8. The molecule has 5 atom stereocenters. The van der Waals surface area contributed by atoms with Crippen molar-refractivity contribution in [2.75, 3.05) is 20.2 Å². The van der Waals surface area contributed by atoms with Crippen molar-refractivity contribution in [1.82, 2.24) is 4.98 Å². The Morgan fingerprint density at radius 3 is 2.74 bits per heavy atom. The summed E-state index contributed by atoms with van der Waals surface area (Å²) in [4.78, 5) is 15.2. The van der Waals surface area contributed by atoms with Crippen molar-refractivity contribution in [3.8, 4) is 5.75 Å². The Morgan fingerprint density at radius 2 is 2.06 bits per heavy atom. The molecule has 0 saturated carbocycles. The number of quaternary nitrogens is 1. The van der Waals surface area contributed by atoms with Gasteiger partial charge in [-0.1, -0.05) is 6.08 Å². The highest BCUT2D eigenvalue weighted by atomic mass is 79.9. The number of aliphatic hydroxyl groups is 1. The lowest BCUT2D eigenvalue weighted by Crippen LogP contribution is -3.00. The molecule has 35 heavy (non-hydrogen) atoms. The summed E-state index contributed by atoms with van der Waals surface area (Å²) in [6.07, 6.45) is 5.18. The molecule has 0 aliphatic carbocycles. The molecule has 3 fully saturated rings. The van der Waals surface area contributed by atoms with Crippen molar-refractivity contribution < 1.29 is 36.2 Å². The van der Waals surface area contributed by atoms with Crippen LogP contribution in [-0.2, 0) is 6.54 Å². The number of halogens is 1. The van der Waals surface area contributed by atoms with E-state index in [9.17, 15) is 15.2 Å². The van der Waals surface area contributed by atoms with E-state index in [1.807, 2.05) is 36.4 Å². The van der Waals surface area contributed by atoms with Gasteiger partial charge in [0, 0.05) is 48.0 Å². The number of hydrogen-bond acceptors (Lipinski definition) is 5. The van der Waals surface area contributed by atoms with E-state index in [0.29, 0.717) is 11.8 Å². The summed E-state index contributed by atoms with van der Waals surface area (Å²) < 4.78 is 6.18. The smallest absolute Gasteiger partial charge is 0.269 e. The molecule has 2 aromatic carbocycles. The van der Waals surface area contributed by atoms with Gasteiger partial charge in [0.1, 0.15) is 24.4 Å². The summed E-state index contributed by atoms with van der Waals surface area (Å²) in [5.41, 5.74) is 2.85. The number of non-ortho nitro benzene ring substituents is 1. The number of nitro groups is 1. The first-order chi connectivity index (χ1) is 16.4. The fraction of sp³-hybridized carbons (Fsp3) is 0.370. The minimum atomic E-state index is -0.663. The SMILES string of the molecule is C=C[C@@H]1C[N@+]2(Cc3ccc([N+](=O)[O-])cc3)CC[C@H]1C[C@@H]2[C@@H](O)c1ccnc2ccc(OC)cc12.[Br-]. The molecule has 7 nitrogen and oxygen atoms in total. The van der Waals surface area contributed by atoms with E-state index in [4.69, 9.17) is 4.74 Å². The summed E-state index contributed by atoms with van der Waals surface area (Å²) in [5.74, 6) is 1.65. The molecule has 4 heterocycles. The molecule has 6 rings (SSSR count). The van der Waals surface area contributed by atoms with Crippen LogP contribution in [0.25, 0.3) is 10.9 Å². The van der Waals surface area contributed by atoms with Gasteiger partial charge in [0.05, 0.1) is 30.6 Å². The lowest BCUT2D eigenvalue weighted by atomic mass is 9.71. The van der Waals surface area contributed by atoms with Crippen LogP contribution in [0, 0.1) is 22.0 Å². The number of aromatic nitrogens is 1. The number of fused-ring (bicyclic) bond motifs is 4. The summed E-state index contributed by atoms with van der Waals surface area (Å²) in [7, 11) is 1.64. The molecular formula is C27H30BrN3O4. The summed E-state index contributed by atoms with van der Waals surface area (Å²) in [5, 5.41) is 23.9. The maximum absolute atomic E-state index is 11.8. The van der Waals surface area contributed by atoms with Gasteiger partial charge in [-0.15, -0.1) is 6.58 Å². The fourth-order valence-electron chi connectivity index (χ4n) is 6.21. The van der Waals surface area contributed by atoms with Crippen molar-refractivity contribution in [3.63, 3.8) is 0 Å². The second-order valence-electron chi connectivity index (χ2n) is 9.69. The van der Waals surface area contributed by atoms with Crippen LogP contribution >= 0.6 is 0 Å². The third-order valence-corrected chi connectivity index (χ3v) is 7.99. The molecule has 1 aromatic heterocycles. The highest BCUT2D eigenvalue weighted by molar-refractivity contribution is 5.83. The standard InChI is InChI=1S/C27H30N3O4.BrH/c1-3-19-17-30(16-18-4-6-21(7-5-18)29(32)33)13-11-20(19)14-26(30)27(31)23-10-12-28-25-9-8-22(34-2)15-24(23)25;/h3-10,12,15,19-20,26-27,31H,1,11,13-14,16-17H2,2H3;1H/q+1;/p-1/t19-,20+,26-,27+,30-;/m1./s1. The Bertz CT molecular complexity index is 1230. The van der Waals surface area contributed by atoms with Crippen LogP contribution in [0.5, 0.6) is 5.75 Å². The van der Waals surface area contributed by atoms with E-state index >= 15 is 0 Å². The quantitative estimate of drug-likeness (QED) is 0.214.